The van der Waals surface area contributed by atoms with Crippen molar-refractivity contribution in [3.05, 3.63) is 84.4 Å². The monoisotopic (exact) mass is 362 g/mol. The van der Waals surface area contributed by atoms with E-state index in [0.717, 1.165) is 22.4 Å². The maximum atomic E-state index is 11.4. The third-order valence-corrected chi connectivity index (χ3v) is 4.12. The fourth-order valence-corrected chi connectivity index (χ4v) is 2.65. The Balaban J connectivity index is 1.66. The number of ether oxygens (including phenoxy) is 3. The molecule has 0 radical (unpaired) electrons. The summed E-state index contributed by atoms with van der Waals surface area (Å²) in [5, 5.41) is 0. The largest absolute Gasteiger partial charge is 0.489 e. The zero-order chi connectivity index (χ0) is 19.1. The molecule has 1 unspecified atom stereocenters. The lowest BCUT2D eigenvalue weighted by atomic mass is 10.1. The second-order valence-corrected chi connectivity index (χ2v) is 6.11. The maximum absolute atomic E-state index is 11.4. The van der Waals surface area contributed by atoms with Gasteiger partial charge in [-0.15, -0.1) is 0 Å². The highest BCUT2D eigenvalue weighted by Crippen LogP contribution is 2.26. The summed E-state index contributed by atoms with van der Waals surface area (Å²) in [6.07, 6.45) is -0.643. The fourth-order valence-electron chi connectivity index (χ4n) is 2.65. The molecule has 0 aliphatic rings. The first-order chi connectivity index (χ1) is 13.2. The molecule has 4 nitrogen and oxygen atoms in total. The van der Waals surface area contributed by atoms with E-state index in [1.807, 2.05) is 78.9 Å². The Bertz CT molecular complexity index is 872. The molecule has 3 aromatic carbocycles. The van der Waals surface area contributed by atoms with Crippen LogP contribution >= 0.6 is 0 Å². The summed E-state index contributed by atoms with van der Waals surface area (Å²) in [6, 6.07) is 25.6. The highest BCUT2D eigenvalue weighted by molar-refractivity contribution is 5.74. The standard InChI is InChI=1S/C23H22O4/c1-17(23(24)25-2)27-21-13-11-19(12-14-21)20-9-6-10-22(15-20)26-16-18-7-4-3-5-8-18/h3-15,17H,16H2,1-2H3. The van der Waals surface area contributed by atoms with Crippen molar-refractivity contribution in [3.63, 3.8) is 0 Å². The van der Waals surface area contributed by atoms with Gasteiger partial charge in [0.1, 0.15) is 18.1 Å². The highest BCUT2D eigenvalue weighted by Gasteiger charge is 2.14. The van der Waals surface area contributed by atoms with Crippen molar-refractivity contribution in [1.29, 1.82) is 0 Å². The van der Waals surface area contributed by atoms with Gasteiger partial charge in [-0.3, -0.25) is 0 Å². The molecule has 0 saturated heterocycles. The van der Waals surface area contributed by atoms with Gasteiger partial charge in [-0.1, -0.05) is 54.6 Å². The Morgan fingerprint density at radius 2 is 1.59 bits per heavy atom. The molecule has 0 amide bonds. The van der Waals surface area contributed by atoms with E-state index in [4.69, 9.17) is 9.47 Å². The molecule has 0 spiro atoms. The summed E-state index contributed by atoms with van der Waals surface area (Å²) in [7, 11) is 1.35. The molecule has 138 valence electrons. The van der Waals surface area contributed by atoms with Gasteiger partial charge in [0.15, 0.2) is 6.10 Å². The normalized spacial score (nSPS) is 11.5. The SMILES string of the molecule is COC(=O)C(C)Oc1ccc(-c2cccc(OCc3ccccc3)c2)cc1. The van der Waals surface area contributed by atoms with Gasteiger partial charge in [0, 0.05) is 0 Å². The summed E-state index contributed by atoms with van der Waals surface area (Å²) in [5.74, 6) is 1.03. The van der Waals surface area contributed by atoms with Crippen molar-refractivity contribution in [2.45, 2.75) is 19.6 Å². The molecule has 0 fully saturated rings. The average Bonchev–Trinajstić information content (AvgIpc) is 2.73. The molecule has 0 aliphatic carbocycles. The van der Waals surface area contributed by atoms with Crippen LogP contribution in [0.5, 0.6) is 11.5 Å². The van der Waals surface area contributed by atoms with Crippen LogP contribution in [-0.4, -0.2) is 19.2 Å². The van der Waals surface area contributed by atoms with Crippen LogP contribution in [0, 0.1) is 0 Å². The number of esters is 1. The predicted octanol–water partition coefficient (Wildman–Crippen LogP) is 4.87. The van der Waals surface area contributed by atoms with Gasteiger partial charge in [-0.25, -0.2) is 4.79 Å². The minimum atomic E-state index is -0.643. The van der Waals surface area contributed by atoms with E-state index < -0.39 is 12.1 Å². The van der Waals surface area contributed by atoms with Crippen LogP contribution in [0.2, 0.25) is 0 Å². The number of hydrogen-bond donors (Lipinski definition) is 0. The van der Waals surface area contributed by atoms with Gasteiger partial charge in [-0.05, 0) is 47.9 Å². The third-order valence-electron chi connectivity index (χ3n) is 4.12. The molecule has 0 N–H and O–H groups in total. The number of benzene rings is 3. The first kappa shape index (κ1) is 18.5. The van der Waals surface area contributed by atoms with E-state index in [1.54, 1.807) is 6.92 Å². The van der Waals surface area contributed by atoms with Gasteiger partial charge in [0.25, 0.3) is 0 Å². The molecule has 0 bridgehead atoms. The molecule has 3 aromatic rings. The van der Waals surface area contributed by atoms with Crippen molar-refractivity contribution in [2.24, 2.45) is 0 Å². The number of carbonyl (C=O) groups is 1. The molecule has 0 aliphatic heterocycles. The zero-order valence-corrected chi connectivity index (χ0v) is 15.4. The van der Waals surface area contributed by atoms with Crippen molar-refractivity contribution in [2.75, 3.05) is 7.11 Å². The lowest BCUT2D eigenvalue weighted by molar-refractivity contribution is -0.147. The Kier molecular flexibility index (Phi) is 6.10. The second kappa shape index (κ2) is 8.90. The Hall–Kier alpha value is -3.27. The van der Waals surface area contributed by atoms with Crippen LogP contribution in [0.1, 0.15) is 12.5 Å². The summed E-state index contributed by atoms with van der Waals surface area (Å²) in [4.78, 5) is 11.4. The quantitative estimate of drug-likeness (QED) is 0.562. The van der Waals surface area contributed by atoms with Gasteiger partial charge >= 0.3 is 5.97 Å². The Labute approximate surface area is 159 Å². The first-order valence-corrected chi connectivity index (χ1v) is 8.77. The molecule has 0 aromatic heterocycles. The van der Waals surface area contributed by atoms with Crippen LogP contribution in [0.15, 0.2) is 78.9 Å². The summed E-state index contributed by atoms with van der Waals surface area (Å²) >= 11 is 0. The van der Waals surface area contributed by atoms with E-state index >= 15 is 0 Å². The topological polar surface area (TPSA) is 44.8 Å². The summed E-state index contributed by atoms with van der Waals surface area (Å²) < 4.78 is 16.1. The molecule has 0 heterocycles. The average molecular weight is 362 g/mol. The van der Waals surface area contributed by atoms with Gasteiger partial charge in [-0.2, -0.15) is 0 Å². The summed E-state index contributed by atoms with van der Waals surface area (Å²) in [6.45, 7) is 2.19. The molecule has 1 atom stereocenters. The molecule has 27 heavy (non-hydrogen) atoms. The van der Waals surface area contributed by atoms with Gasteiger partial charge in [0.2, 0.25) is 0 Å². The van der Waals surface area contributed by atoms with Gasteiger partial charge in [0.05, 0.1) is 7.11 Å². The van der Waals surface area contributed by atoms with E-state index in [-0.39, 0.29) is 0 Å². The van der Waals surface area contributed by atoms with Crippen molar-refractivity contribution >= 4 is 5.97 Å². The van der Waals surface area contributed by atoms with Crippen LogP contribution in [-0.2, 0) is 16.1 Å². The lowest BCUT2D eigenvalue weighted by Gasteiger charge is -2.13. The van der Waals surface area contributed by atoms with Crippen LogP contribution in [0.4, 0.5) is 0 Å². The van der Waals surface area contributed by atoms with E-state index in [1.165, 1.54) is 7.11 Å². The number of methoxy groups -OCH3 is 1. The second-order valence-electron chi connectivity index (χ2n) is 6.11. The molecule has 0 saturated carbocycles. The van der Waals surface area contributed by atoms with Crippen LogP contribution in [0.25, 0.3) is 11.1 Å². The molecule has 3 rings (SSSR count). The zero-order valence-electron chi connectivity index (χ0n) is 15.4. The fraction of sp³-hybridized carbons (Fsp3) is 0.174. The number of carbonyl (C=O) groups excluding carboxylic acids is 1. The molecular formula is C23H22O4. The van der Waals surface area contributed by atoms with Crippen molar-refractivity contribution < 1.29 is 19.0 Å². The number of rotatable bonds is 7. The summed E-state index contributed by atoms with van der Waals surface area (Å²) in [5.41, 5.74) is 3.22. The van der Waals surface area contributed by atoms with Gasteiger partial charge < -0.3 is 14.2 Å². The minimum Gasteiger partial charge on any atom is -0.489 e. The Morgan fingerprint density at radius 3 is 2.30 bits per heavy atom. The lowest BCUT2D eigenvalue weighted by Crippen LogP contribution is -2.24. The smallest absolute Gasteiger partial charge is 0.346 e. The van der Waals surface area contributed by atoms with E-state index in [9.17, 15) is 4.79 Å². The van der Waals surface area contributed by atoms with E-state index in [0.29, 0.717) is 12.4 Å². The van der Waals surface area contributed by atoms with E-state index in [2.05, 4.69) is 4.74 Å². The minimum absolute atomic E-state index is 0.401. The first-order valence-electron chi connectivity index (χ1n) is 8.77. The van der Waals surface area contributed by atoms with Crippen LogP contribution in [0.3, 0.4) is 0 Å². The molecular weight excluding hydrogens is 340 g/mol. The molecule has 4 heteroatoms. The maximum Gasteiger partial charge on any atom is 0.346 e. The third kappa shape index (κ3) is 5.11. The Morgan fingerprint density at radius 1 is 0.852 bits per heavy atom. The number of hydrogen-bond acceptors (Lipinski definition) is 4. The highest BCUT2D eigenvalue weighted by atomic mass is 16.6. The van der Waals surface area contributed by atoms with Crippen molar-refractivity contribution in [1.82, 2.24) is 0 Å². The van der Waals surface area contributed by atoms with Crippen LogP contribution < -0.4 is 9.47 Å². The van der Waals surface area contributed by atoms with Crippen molar-refractivity contribution in [3.8, 4) is 22.6 Å². The predicted molar refractivity (Wildman–Crippen MR) is 105 cm³/mol.